The number of nitrogens with one attached hydrogen (secondary N) is 1. The normalized spacial score (nSPS) is 13.7. The van der Waals surface area contributed by atoms with E-state index in [-0.39, 0.29) is 30.8 Å². The van der Waals surface area contributed by atoms with Crippen LogP contribution in [0, 0.1) is 5.92 Å². The maximum atomic E-state index is 11.3. The Balaban J connectivity index is 0.00000225. The van der Waals surface area contributed by atoms with Crippen LogP contribution >= 0.6 is 23.7 Å². The molecule has 1 heterocycles. The molecule has 0 fully saturated rings. The maximum absolute atomic E-state index is 11.3. The summed E-state index contributed by atoms with van der Waals surface area (Å²) in [5.74, 6) is -0.327. The number of aliphatic hydroxyl groups is 1. The predicted octanol–water partition coefficient (Wildman–Crippen LogP) is 0.914. The van der Waals surface area contributed by atoms with Gasteiger partial charge in [-0.25, -0.2) is 0 Å². The van der Waals surface area contributed by atoms with Crippen molar-refractivity contribution in [3.63, 3.8) is 0 Å². The van der Waals surface area contributed by atoms with E-state index in [9.17, 15) is 9.90 Å². The van der Waals surface area contributed by atoms with E-state index >= 15 is 0 Å². The van der Waals surface area contributed by atoms with Gasteiger partial charge in [0.2, 0.25) is 5.91 Å². The van der Waals surface area contributed by atoms with Gasteiger partial charge in [0.1, 0.15) is 0 Å². The SMILES string of the molecule is CC(CN)C(=O)NCC(O)c1ccsc1.Cl. The van der Waals surface area contributed by atoms with Crippen LogP contribution in [0.3, 0.4) is 0 Å². The Morgan fingerprint density at radius 1 is 1.69 bits per heavy atom. The van der Waals surface area contributed by atoms with Crippen molar-refractivity contribution in [2.24, 2.45) is 11.7 Å². The van der Waals surface area contributed by atoms with E-state index in [0.29, 0.717) is 6.54 Å². The summed E-state index contributed by atoms with van der Waals surface area (Å²) in [6.45, 7) is 2.31. The number of carbonyl (C=O) groups is 1. The topological polar surface area (TPSA) is 75.4 Å². The standard InChI is InChI=1S/C10H16N2O2S.ClH/c1-7(4-11)10(14)12-5-9(13)8-2-3-15-6-8;/h2-3,6-7,9,13H,4-5,11H2,1H3,(H,12,14);1H. The zero-order valence-electron chi connectivity index (χ0n) is 9.05. The summed E-state index contributed by atoms with van der Waals surface area (Å²) in [5.41, 5.74) is 6.19. The number of hydrogen-bond donors (Lipinski definition) is 3. The Labute approximate surface area is 105 Å². The smallest absolute Gasteiger partial charge is 0.224 e. The van der Waals surface area contributed by atoms with Gasteiger partial charge in [0.25, 0.3) is 0 Å². The minimum Gasteiger partial charge on any atom is -0.387 e. The first-order valence-electron chi connectivity index (χ1n) is 4.83. The molecule has 0 bridgehead atoms. The van der Waals surface area contributed by atoms with Crippen LogP contribution in [0.15, 0.2) is 16.8 Å². The largest absolute Gasteiger partial charge is 0.387 e. The molecule has 1 amide bonds. The van der Waals surface area contributed by atoms with Gasteiger partial charge in [-0.2, -0.15) is 11.3 Å². The Morgan fingerprint density at radius 2 is 2.38 bits per heavy atom. The fraction of sp³-hybridized carbons (Fsp3) is 0.500. The van der Waals surface area contributed by atoms with Crippen molar-refractivity contribution in [1.82, 2.24) is 5.32 Å². The lowest BCUT2D eigenvalue weighted by atomic mass is 10.1. The number of nitrogens with two attached hydrogens (primary N) is 1. The molecule has 0 saturated heterocycles. The number of halogens is 1. The lowest BCUT2D eigenvalue weighted by molar-refractivity contribution is -0.124. The Bertz CT molecular complexity index is 306. The average molecular weight is 265 g/mol. The molecule has 0 aromatic carbocycles. The van der Waals surface area contributed by atoms with Gasteiger partial charge in [0.15, 0.2) is 0 Å². The predicted molar refractivity (Wildman–Crippen MR) is 67.8 cm³/mol. The lowest BCUT2D eigenvalue weighted by Crippen LogP contribution is -2.35. The van der Waals surface area contributed by atoms with Crippen LogP contribution in [-0.2, 0) is 4.79 Å². The second-order valence-electron chi connectivity index (χ2n) is 3.45. The van der Waals surface area contributed by atoms with Gasteiger partial charge in [-0.15, -0.1) is 12.4 Å². The zero-order valence-corrected chi connectivity index (χ0v) is 10.7. The van der Waals surface area contributed by atoms with Crippen molar-refractivity contribution in [3.8, 4) is 0 Å². The number of aliphatic hydroxyl groups excluding tert-OH is 1. The maximum Gasteiger partial charge on any atom is 0.224 e. The number of thiophene rings is 1. The molecule has 16 heavy (non-hydrogen) atoms. The molecule has 4 nitrogen and oxygen atoms in total. The van der Waals surface area contributed by atoms with Gasteiger partial charge < -0.3 is 16.2 Å². The molecular weight excluding hydrogens is 248 g/mol. The highest BCUT2D eigenvalue weighted by molar-refractivity contribution is 7.07. The minimum absolute atomic E-state index is 0. The zero-order chi connectivity index (χ0) is 11.3. The first-order valence-corrected chi connectivity index (χ1v) is 5.77. The third-order valence-electron chi connectivity index (χ3n) is 2.20. The summed E-state index contributed by atoms with van der Waals surface area (Å²) in [6, 6.07) is 1.84. The minimum atomic E-state index is -0.634. The Hall–Kier alpha value is -0.620. The molecule has 0 aliphatic heterocycles. The van der Waals surface area contributed by atoms with Crippen molar-refractivity contribution in [2.75, 3.05) is 13.1 Å². The Morgan fingerprint density at radius 3 is 2.88 bits per heavy atom. The molecule has 0 aliphatic rings. The first kappa shape index (κ1) is 15.4. The molecule has 0 spiro atoms. The van der Waals surface area contributed by atoms with Gasteiger partial charge in [-0.05, 0) is 22.4 Å². The molecular formula is C10H17ClN2O2S. The van der Waals surface area contributed by atoms with E-state index in [2.05, 4.69) is 5.32 Å². The quantitative estimate of drug-likeness (QED) is 0.740. The van der Waals surface area contributed by atoms with Crippen LogP contribution in [-0.4, -0.2) is 24.1 Å². The molecule has 2 atom stereocenters. The molecule has 6 heteroatoms. The van der Waals surface area contributed by atoms with Crippen LogP contribution in [0.25, 0.3) is 0 Å². The second kappa shape index (κ2) is 7.62. The molecule has 1 rings (SSSR count). The number of rotatable bonds is 5. The fourth-order valence-corrected chi connectivity index (χ4v) is 1.77. The molecule has 0 aliphatic carbocycles. The van der Waals surface area contributed by atoms with Crippen molar-refractivity contribution in [3.05, 3.63) is 22.4 Å². The molecule has 2 unspecified atom stereocenters. The highest BCUT2D eigenvalue weighted by Crippen LogP contribution is 2.15. The summed E-state index contributed by atoms with van der Waals surface area (Å²) in [5, 5.41) is 16.1. The highest BCUT2D eigenvalue weighted by atomic mass is 35.5. The van der Waals surface area contributed by atoms with Crippen LogP contribution < -0.4 is 11.1 Å². The van der Waals surface area contributed by atoms with E-state index in [4.69, 9.17) is 5.73 Å². The van der Waals surface area contributed by atoms with Crippen LogP contribution in [0.1, 0.15) is 18.6 Å². The van der Waals surface area contributed by atoms with Gasteiger partial charge in [-0.1, -0.05) is 6.92 Å². The van der Waals surface area contributed by atoms with Gasteiger partial charge >= 0.3 is 0 Å². The number of hydrogen-bond acceptors (Lipinski definition) is 4. The summed E-state index contributed by atoms with van der Waals surface area (Å²) in [4.78, 5) is 11.3. The van der Waals surface area contributed by atoms with Crippen molar-refractivity contribution < 1.29 is 9.90 Å². The summed E-state index contributed by atoms with van der Waals surface area (Å²) in [7, 11) is 0. The van der Waals surface area contributed by atoms with E-state index in [1.54, 1.807) is 6.92 Å². The second-order valence-corrected chi connectivity index (χ2v) is 4.23. The number of amides is 1. The van der Waals surface area contributed by atoms with Crippen LogP contribution in [0.4, 0.5) is 0 Å². The summed E-state index contributed by atoms with van der Waals surface area (Å²) >= 11 is 1.52. The van der Waals surface area contributed by atoms with E-state index in [1.165, 1.54) is 11.3 Å². The van der Waals surface area contributed by atoms with Crippen molar-refractivity contribution in [2.45, 2.75) is 13.0 Å². The lowest BCUT2D eigenvalue weighted by Gasteiger charge is -2.13. The first-order chi connectivity index (χ1) is 7.15. The molecule has 0 saturated carbocycles. The van der Waals surface area contributed by atoms with Crippen LogP contribution in [0.2, 0.25) is 0 Å². The fourth-order valence-electron chi connectivity index (χ4n) is 1.06. The van der Waals surface area contributed by atoms with Gasteiger partial charge in [0.05, 0.1) is 6.10 Å². The van der Waals surface area contributed by atoms with Gasteiger partial charge in [0, 0.05) is 19.0 Å². The van der Waals surface area contributed by atoms with Gasteiger partial charge in [-0.3, -0.25) is 4.79 Å². The van der Waals surface area contributed by atoms with Crippen molar-refractivity contribution in [1.29, 1.82) is 0 Å². The molecule has 1 aromatic rings. The molecule has 0 radical (unpaired) electrons. The van der Waals surface area contributed by atoms with Crippen molar-refractivity contribution >= 4 is 29.7 Å². The summed E-state index contributed by atoms with van der Waals surface area (Å²) in [6.07, 6.45) is -0.634. The number of carbonyl (C=O) groups excluding carboxylic acids is 1. The van der Waals surface area contributed by atoms with E-state index in [1.807, 2.05) is 16.8 Å². The molecule has 4 N–H and O–H groups in total. The van der Waals surface area contributed by atoms with E-state index < -0.39 is 6.10 Å². The average Bonchev–Trinajstić information content (AvgIpc) is 2.77. The monoisotopic (exact) mass is 264 g/mol. The molecule has 1 aromatic heterocycles. The van der Waals surface area contributed by atoms with E-state index in [0.717, 1.165) is 5.56 Å². The summed E-state index contributed by atoms with van der Waals surface area (Å²) < 4.78 is 0. The third kappa shape index (κ3) is 4.49. The van der Waals surface area contributed by atoms with Crippen LogP contribution in [0.5, 0.6) is 0 Å². The highest BCUT2D eigenvalue weighted by Gasteiger charge is 2.13. The third-order valence-corrected chi connectivity index (χ3v) is 2.90. The molecule has 92 valence electrons. The Kier molecular flexibility index (Phi) is 7.33.